The first-order valence-electron chi connectivity index (χ1n) is 5.87. The van der Waals surface area contributed by atoms with Crippen molar-refractivity contribution in [2.45, 2.75) is 11.8 Å². The third-order valence-corrected chi connectivity index (χ3v) is 3.68. The number of hydrogen-bond acceptors (Lipinski definition) is 6. The Bertz CT molecular complexity index is 850. The van der Waals surface area contributed by atoms with Gasteiger partial charge in [0.15, 0.2) is 11.4 Å². The van der Waals surface area contributed by atoms with Crippen LogP contribution in [0.5, 0.6) is 11.5 Å². The molecular weight excluding hydrogens is 314 g/mol. The van der Waals surface area contributed by atoms with Crippen molar-refractivity contribution < 1.29 is 22.8 Å². The fourth-order valence-corrected chi connectivity index (χ4v) is 2.16. The van der Waals surface area contributed by atoms with E-state index in [1.54, 1.807) is 6.92 Å². The number of ether oxygens (including phenoxy) is 1. The lowest BCUT2D eigenvalue weighted by molar-refractivity contribution is -0.612. The van der Waals surface area contributed by atoms with Gasteiger partial charge < -0.3 is 9.94 Å². The molecule has 0 saturated carbocycles. The minimum absolute atomic E-state index is 0.0760. The maximum absolute atomic E-state index is 11.4. The average molecular weight is 325 g/mol. The maximum atomic E-state index is 11.4. The summed E-state index contributed by atoms with van der Waals surface area (Å²) >= 11 is 0. The highest BCUT2D eigenvalue weighted by Crippen LogP contribution is 2.32. The third-order valence-electron chi connectivity index (χ3n) is 2.76. The average Bonchev–Trinajstić information content (AvgIpc) is 2.42. The fourth-order valence-electron chi connectivity index (χ4n) is 1.63. The van der Waals surface area contributed by atoms with Crippen LogP contribution in [0.3, 0.4) is 0 Å². The van der Waals surface area contributed by atoms with Crippen LogP contribution in [-0.2, 0) is 10.0 Å². The first-order chi connectivity index (χ1) is 10.2. The smallest absolute Gasteiger partial charge is 0.312 e. The van der Waals surface area contributed by atoms with Crippen molar-refractivity contribution in [1.82, 2.24) is 0 Å². The standard InChI is InChI=1S/C12H11N3O6S/c1-8-2-3-9(7-14(8)16)21-12-5-4-10(22(13,19)20)6-11(12)15(17)18/h2-7H,1H3,(H2,13,19,20). The molecule has 2 N–H and O–H groups in total. The highest BCUT2D eigenvalue weighted by Gasteiger charge is 2.21. The second-order valence-corrected chi connectivity index (χ2v) is 5.93. The van der Waals surface area contributed by atoms with Gasteiger partial charge in [0.05, 0.1) is 9.82 Å². The number of hydrogen-bond donors (Lipinski definition) is 1. The van der Waals surface area contributed by atoms with Crippen molar-refractivity contribution in [3.05, 3.63) is 57.5 Å². The van der Waals surface area contributed by atoms with Gasteiger partial charge in [-0.15, -0.1) is 0 Å². The normalized spacial score (nSPS) is 11.2. The van der Waals surface area contributed by atoms with Crippen LogP contribution in [0.15, 0.2) is 41.4 Å². The predicted octanol–water partition coefficient (Wildman–Crippen LogP) is 0.976. The molecule has 2 aromatic rings. The number of benzene rings is 1. The summed E-state index contributed by atoms with van der Waals surface area (Å²) in [5, 5.41) is 27.4. The summed E-state index contributed by atoms with van der Waals surface area (Å²) in [7, 11) is -4.07. The van der Waals surface area contributed by atoms with Gasteiger partial charge in [0.1, 0.15) is 0 Å². The molecule has 2 rings (SSSR count). The number of rotatable bonds is 4. The van der Waals surface area contributed by atoms with E-state index in [1.807, 2.05) is 0 Å². The van der Waals surface area contributed by atoms with E-state index in [-0.39, 0.29) is 11.5 Å². The van der Waals surface area contributed by atoms with E-state index in [0.29, 0.717) is 10.4 Å². The summed E-state index contributed by atoms with van der Waals surface area (Å²) < 4.78 is 28.3. The minimum Gasteiger partial charge on any atom is -0.618 e. The molecule has 0 radical (unpaired) electrons. The molecule has 1 aromatic carbocycles. The highest BCUT2D eigenvalue weighted by molar-refractivity contribution is 7.89. The van der Waals surface area contributed by atoms with Crippen molar-refractivity contribution >= 4 is 15.7 Å². The zero-order valence-corrected chi connectivity index (χ0v) is 12.1. The number of nitro benzene ring substituents is 1. The van der Waals surface area contributed by atoms with Crippen molar-refractivity contribution in [1.29, 1.82) is 0 Å². The highest BCUT2D eigenvalue weighted by atomic mass is 32.2. The predicted molar refractivity (Wildman–Crippen MR) is 74.7 cm³/mol. The number of nitrogens with two attached hydrogens (primary N) is 1. The summed E-state index contributed by atoms with van der Waals surface area (Å²) in [6.45, 7) is 1.58. The van der Waals surface area contributed by atoms with Gasteiger partial charge in [-0.25, -0.2) is 13.6 Å². The summed E-state index contributed by atoms with van der Waals surface area (Å²) in [6, 6.07) is 5.92. The van der Waals surface area contributed by atoms with E-state index in [4.69, 9.17) is 9.88 Å². The monoisotopic (exact) mass is 325 g/mol. The van der Waals surface area contributed by atoms with Gasteiger partial charge in [-0.2, -0.15) is 4.73 Å². The number of primary sulfonamides is 1. The molecular formula is C12H11N3O6S. The number of pyridine rings is 1. The van der Waals surface area contributed by atoms with Crippen molar-refractivity contribution in [3.8, 4) is 11.5 Å². The van der Waals surface area contributed by atoms with Gasteiger partial charge in [-0.05, 0) is 18.2 Å². The molecule has 0 unspecified atom stereocenters. The molecule has 1 aromatic heterocycles. The van der Waals surface area contributed by atoms with Crippen LogP contribution < -0.4 is 14.6 Å². The van der Waals surface area contributed by atoms with Gasteiger partial charge in [0.2, 0.25) is 22.0 Å². The van der Waals surface area contributed by atoms with Crippen molar-refractivity contribution in [2.24, 2.45) is 5.14 Å². The van der Waals surface area contributed by atoms with Gasteiger partial charge >= 0.3 is 5.69 Å². The van der Waals surface area contributed by atoms with Crippen LogP contribution in [0.1, 0.15) is 5.69 Å². The topological polar surface area (TPSA) is 139 Å². The summed E-state index contributed by atoms with van der Waals surface area (Å²) in [6.07, 6.45) is 1.10. The largest absolute Gasteiger partial charge is 0.618 e. The second-order valence-electron chi connectivity index (χ2n) is 4.37. The molecule has 10 heteroatoms. The van der Waals surface area contributed by atoms with E-state index in [9.17, 15) is 23.7 Å². The lowest BCUT2D eigenvalue weighted by Gasteiger charge is -2.08. The first-order valence-corrected chi connectivity index (χ1v) is 7.42. The molecule has 0 fully saturated rings. The van der Waals surface area contributed by atoms with E-state index in [2.05, 4.69) is 0 Å². The molecule has 9 nitrogen and oxygen atoms in total. The molecule has 0 aliphatic carbocycles. The van der Waals surface area contributed by atoms with E-state index in [1.165, 1.54) is 12.1 Å². The molecule has 0 saturated heterocycles. The van der Waals surface area contributed by atoms with E-state index >= 15 is 0 Å². The van der Waals surface area contributed by atoms with Crippen LogP contribution in [0.4, 0.5) is 5.69 Å². The Morgan fingerprint density at radius 2 is 1.95 bits per heavy atom. The number of sulfonamides is 1. The molecule has 1 heterocycles. The first kappa shape index (κ1) is 15.7. The van der Waals surface area contributed by atoms with Gasteiger partial charge in [-0.3, -0.25) is 10.1 Å². The van der Waals surface area contributed by atoms with Gasteiger partial charge in [-0.1, -0.05) is 0 Å². The van der Waals surface area contributed by atoms with Gasteiger partial charge in [0, 0.05) is 19.1 Å². The number of nitrogens with zero attached hydrogens (tertiary/aromatic N) is 2. The summed E-state index contributed by atoms with van der Waals surface area (Å²) in [4.78, 5) is 9.83. The molecule has 0 aliphatic rings. The molecule has 0 aliphatic heterocycles. The maximum Gasteiger partial charge on any atom is 0.312 e. The Morgan fingerprint density at radius 1 is 1.27 bits per heavy atom. The van der Waals surface area contributed by atoms with Crippen LogP contribution in [-0.4, -0.2) is 13.3 Å². The van der Waals surface area contributed by atoms with E-state index < -0.39 is 25.5 Å². The van der Waals surface area contributed by atoms with Crippen LogP contribution in [0, 0.1) is 22.2 Å². The number of aromatic nitrogens is 1. The Morgan fingerprint density at radius 3 is 2.50 bits per heavy atom. The molecule has 0 amide bonds. The lowest BCUT2D eigenvalue weighted by Crippen LogP contribution is -2.28. The molecule has 22 heavy (non-hydrogen) atoms. The zero-order chi connectivity index (χ0) is 16.5. The Balaban J connectivity index is 2.46. The van der Waals surface area contributed by atoms with Crippen LogP contribution >= 0.6 is 0 Å². The summed E-state index contributed by atoms with van der Waals surface area (Å²) in [5.74, 6) is -0.131. The second kappa shape index (κ2) is 5.58. The Labute approximate surface area is 125 Å². The van der Waals surface area contributed by atoms with Crippen molar-refractivity contribution in [2.75, 3.05) is 0 Å². The number of aryl methyl sites for hydroxylation is 1. The molecule has 0 atom stereocenters. The molecule has 116 valence electrons. The Kier molecular flexibility index (Phi) is 3.97. The minimum atomic E-state index is -4.07. The third kappa shape index (κ3) is 3.30. The summed E-state index contributed by atoms with van der Waals surface area (Å²) in [5.41, 5.74) is -0.157. The lowest BCUT2D eigenvalue weighted by atomic mass is 10.3. The molecule has 0 bridgehead atoms. The fraction of sp³-hybridized carbons (Fsp3) is 0.0833. The van der Waals surface area contributed by atoms with Crippen LogP contribution in [0.25, 0.3) is 0 Å². The van der Waals surface area contributed by atoms with Crippen molar-refractivity contribution in [3.63, 3.8) is 0 Å². The quantitative estimate of drug-likeness (QED) is 0.384. The zero-order valence-electron chi connectivity index (χ0n) is 11.3. The number of nitro groups is 1. The Hall–Kier alpha value is -2.72. The van der Waals surface area contributed by atoms with Gasteiger partial charge in [0.25, 0.3) is 0 Å². The SMILES string of the molecule is Cc1ccc(Oc2ccc(S(N)(=O)=O)cc2[N+](=O)[O-])c[n+]1[O-]. The van der Waals surface area contributed by atoms with Crippen LogP contribution in [0.2, 0.25) is 0 Å². The van der Waals surface area contributed by atoms with E-state index in [0.717, 1.165) is 24.4 Å². The molecule has 0 spiro atoms.